The van der Waals surface area contributed by atoms with E-state index >= 15 is 0 Å². The minimum atomic E-state index is -4.64. The Bertz CT molecular complexity index is 1120. The Morgan fingerprint density at radius 3 is 2.33 bits per heavy atom. The summed E-state index contributed by atoms with van der Waals surface area (Å²) in [5, 5.41) is 14.6. The van der Waals surface area contributed by atoms with Gasteiger partial charge in [0.05, 0.1) is 26.9 Å². The van der Waals surface area contributed by atoms with Crippen LogP contribution < -0.4 is 19.5 Å². The van der Waals surface area contributed by atoms with Gasteiger partial charge in [0.2, 0.25) is 0 Å². The Kier molecular flexibility index (Phi) is 7.61. The third kappa shape index (κ3) is 5.46. The number of alkyl halides is 3. The van der Waals surface area contributed by atoms with E-state index in [9.17, 15) is 18.3 Å². The molecule has 1 unspecified atom stereocenters. The summed E-state index contributed by atoms with van der Waals surface area (Å²) in [4.78, 5) is 0. The number of para-hydroxylation sites is 1. The number of aliphatic hydroxyl groups is 1. The first-order valence-electron chi connectivity index (χ1n) is 9.86. The van der Waals surface area contributed by atoms with Gasteiger partial charge in [-0.3, -0.25) is 0 Å². The van der Waals surface area contributed by atoms with Gasteiger partial charge < -0.3 is 24.6 Å². The van der Waals surface area contributed by atoms with Crippen LogP contribution in [0.25, 0.3) is 0 Å². The van der Waals surface area contributed by atoms with Crippen LogP contribution in [-0.4, -0.2) is 26.4 Å². The molecule has 0 heterocycles. The van der Waals surface area contributed by atoms with Gasteiger partial charge in [-0.2, -0.15) is 13.2 Å². The molecule has 3 aromatic carbocycles. The molecule has 176 valence electrons. The normalized spacial score (nSPS) is 12.2. The zero-order valence-corrected chi connectivity index (χ0v) is 18.9. The molecule has 0 fully saturated rings. The first-order valence-corrected chi connectivity index (χ1v) is 10.2. The molecular weight excluding hydrogens is 459 g/mol. The Hall–Kier alpha value is -3.10. The van der Waals surface area contributed by atoms with Crippen molar-refractivity contribution in [3.05, 3.63) is 81.9 Å². The van der Waals surface area contributed by atoms with Crippen LogP contribution in [-0.2, 0) is 12.7 Å². The van der Waals surface area contributed by atoms with Crippen LogP contribution in [0.1, 0.15) is 28.4 Å². The van der Waals surface area contributed by atoms with Crippen molar-refractivity contribution >= 4 is 17.3 Å². The summed E-state index contributed by atoms with van der Waals surface area (Å²) in [7, 11) is 4.22. The number of nitrogens with one attached hydrogen (secondary N) is 1. The van der Waals surface area contributed by atoms with E-state index in [2.05, 4.69) is 5.32 Å². The molecule has 3 aromatic rings. The van der Waals surface area contributed by atoms with Gasteiger partial charge in [-0.25, -0.2) is 0 Å². The van der Waals surface area contributed by atoms with Crippen molar-refractivity contribution < 1.29 is 32.5 Å². The van der Waals surface area contributed by atoms with E-state index in [1.54, 1.807) is 31.4 Å². The largest absolute Gasteiger partial charge is 0.497 e. The minimum absolute atomic E-state index is 0.0281. The summed E-state index contributed by atoms with van der Waals surface area (Å²) in [5.74, 6) is 0.785. The molecule has 0 aliphatic rings. The molecule has 0 aliphatic carbocycles. The maximum atomic E-state index is 13.4. The Morgan fingerprint density at radius 1 is 0.939 bits per heavy atom. The van der Waals surface area contributed by atoms with Crippen LogP contribution in [0.4, 0.5) is 18.9 Å². The number of aliphatic hydroxyl groups excluding tert-OH is 1. The topological polar surface area (TPSA) is 60.0 Å². The molecule has 0 radical (unpaired) electrons. The van der Waals surface area contributed by atoms with E-state index in [-0.39, 0.29) is 5.56 Å². The van der Waals surface area contributed by atoms with Gasteiger partial charge in [-0.05, 0) is 36.4 Å². The Morgan fingerprint density at radius 2 is 1.70 bits per heavy atom. The van der Waals surface area contributed by atoms with Crippen LogP contribution >= 0.6 is 11.6 Å². The second kappa shape index (κ2) is 10.2. The zero-order valence-electron chi connectivity index (χ0n) is 18.2. The van der Waals surface area contributed by atoms with Gasteiger partial charge in [0.15, 0.2) is 0 Å². The van der Waals surface area contributed by atoms with Crippen LogP contribution in [0, 0.1) is 0 Å². The highest BCUT2D eigenvalue weighted by Crippen LogP contribution is 2.42. The second-order valence-corrected chi connectivity index (χ2v) is 7.53. The third-order valence-corrected chi connectivity index (χ3v) is 5.36. The molecule has 2 N–H and O–H groups in total. The van der Waals surface area contributed by atoms with E-state index in [0.29, 0.717) is 34.3 Å². The second-order valence-electron chi connectivity index (χ2n) is 7.09. The number of benzene rings is 3. The molecule has 0 aromatic heterocycles. The molecule has 0 spiro atoms. The fourth-order valence-corrected chi connectivity index (χ4v) is 3.68. The SMILES string of the molecule is COc1ccc(CNc2ccc(Cl)cc2C(O)c2cccc(C(F)(F)F)c2OC)c(OC)c1. The van der Waals surface area contributed by atoms with Crippen molar-refractivity contribution in [3.8, 4) is 17.2 Å². The molecule has 0 amide bonds. The number of rotatable bonds is 8. The summed E-state index contributed by atoms with van der Waals surface area (Å²) < 4.78 is 56.0. The highest BCUT2D eigenvalue weighted by Gasteiger charge is 2.36. The Balaban J connectivity index is 1.97. The lowest BCUT2D eigenvalue weighted by Crippen LogP contribution is -2.12. The minimum Gasteiger partial charge on any atom is -0.497 e. The summed E-state index contributed by atoms with van der Waals surface area (Å²) >= 11 is 6.14. The fourth-order valence-electron chi connectivity index (χ4n) is 3.50. The monoisotopic (exact) mass is 481 g/mol. The number of halogens is 4. The van der Waals surface area contributed by atoms with Crippen molar-refractivity contribution in [2.24, 2.45) is 0 Å². The zero-order chi connectivity index (χ0) is 24.2. The number of anilines is 1. The number of hydrogen-bond acceptors (Lipinski definition) is 5. The molecule has 0 saturated heterocycles. The summed E-state index contributed by atoms with van der Waals surface area (Å²) in [6.07, 6.45) is -6.07. The van der Waals surface area contributed by atoms with Gasteiger partial charge in [0.1, 0.15) is 23.4 Å². The Labute approximate surface area is 194 Å². The molecule has 33 heavy (non-hydrogen) atoms. The van der Waals surface area contributed by atoms with E-state index in [4.69, 9.17) is 25.8 Å². The number of ether oxygens (including phenoxy) is 3. The molecule has 0 aliphatic heterocycles. The molecule has 9 heteroatoms. The first kappa shape index (κ1) is 24.5. The van der Waals surface area contributed by atoms with Crippen molar-refractivity contribution in [1.82, 2.24) is 0 Å². The lowest BCUT2D eigenvalue weighted by molar-refractivity contribution is -0.138. The van der Waals surface area contributed by atoms with Gasteiger partial charge in [-0.15, -0.1) is 0 Å². The predicted octanol–water partition coefficient (Wildman–Crippen LogP) is 6.08. The average molecular weight is 482 g/mol. The molecule has 1 atom stereocenters. The maximum absolute atomic E-state index is 13.4. The van der Waals surface area contributed by atoms with Gasteiger partial charge in [0.25, 0.3) is 0 Å². The summed E-state index contributed by atoms with van der Waals surface area (Å²) in [6.45, 7) is 0.314. The number of hydrogen-bond donors (Lipinski definition) is 2. The quantitative estimate of drug-likeness (QED) is 0.408. The first-order chi connectivity index (χ1) is 15.7. The smallest absolute Gasteiger partial charge is 0.419 e. The van der Waals surface area contributed by atoms with Gasteiger partial charge >= 0.3 is 6.18 Å². The van der Waals surface area contributed by atoms with Gasteiger partial charge in [-0.1, -0.05) is 23.7 Å². The lowest BCUT2D eigenvalue weighted by atomic mass is 9.96. The van der Waals surface area contributed by atoms with Crippen LogP contribution in [0.3, 0.4) is 0 Å². The molecule has 0 bridgehead atoms. The highest BCUT2D eigenvalue weighted by molar-refractivity contribution is 6.30. The number of methoxy groups -OCH3 is 3. The van der Waals surface area contributed by atoms with Crippen LogP contribution in [0.15, 0.2) is 54.6 Å². The van der Waals surface area contributed by atoms with E-state index in [1.807, 2.05) is 6.07 Å². The van der Waals surface area contributed by atoms with Crippen molar-refractivity contribution in [2.75, 3.05) is 26.6 Å². The van der Waals surface area contributed by atoms with Crippen molar-refractivity contribution in [1.29, 1.82) is 0 Å². The third-order valence-electron chi connectivity index (χ3n) is 5.12. The molecule has 5 nitrogen and oxygen atoms in total. The van der Waals surface area contributed by atoms with Crippen molar-refractivity contribution in [3.63, 3.8) is 0 Å². The molecule has 3 rings (SSSR count). The average Bonchev–Trinajstić information content (AvgIpc) is 2.81. The van der Waals surface area contributed by atoms with Crippen LogP contribution in [0.2, 0.25) is 5.02 Å². The van der Waals surface area contributed by atoms with Crippen LogP contribution in [0.5, 0.6) is 17.2 Å². The standard InChI is InChI=1S/C24H23ClF3NO4/c1-31-16-9-7-14(21(12-16)32-2)13-29-20-10-8-15(25)11-18(20)22(30)17-5-4-6-19(23(17)33-3)24(26,27)28/h4-12,22,29-30H,13H2,1-3H3. The summed E-state index contributed by atoms with van der Waals surface area (Å²) in [6, 6.07) is 13.6. The molecular formula is C24H23ClF3NO4. The van der Waals surface area contributed by atoms with Crippen molar-refractivity contribution in [2.45, 2.75) is 18.8 Å². The van der Waals surface area contributed by atoms with E-state index in [0.717, 1.165) is 18.7 Å². The van der Waals surface area contributed by atoms with Gasteiger partial charge in [0, 0.05) is 40.0 Å². The highest BCUT2D eigenvalue weighted by atomic mass is 35.5. The van der Waals surface area contributed by atoms with E-state index in [1.165, 1.54) is 25.3 Å². The predicted molar refractivity (Wildman–Crippen MR) is 120 cm³/mol. The van der Waals surface area contributed by atoms with E-state index < -0.39 is 23.6 Å². The fraction of sp³-hybridized carbons (Fsp3) is 0.250. The lowest BCUT2D eigenvalue weighted by Gasteiger charge is -2.22. The maximum Gasteiger partial charge on any atom is 0.419 e. The molecule has 0 saturated carbocycles. The summed E-state index contributed by atoms with van der Waals surface area (Å²) in [5.41, 5.74) is 0.600.